The van der Waals surface area contributed by atoms with Crippen LogP contribution in [0.4, 0.5) is 10.1 Å². The van der Waals surface area contributed by atoms with Crippen LogP contribution >= 0.6 is 11.9 Å². The number of carbonyl (C=O) groups is 1. The maximum atomic E-state index is 13.6. The molecule has 0 saturated carbocycles. The quantitative estimate of drug-likeness (QED) is 0.382. The van der Waals surface area contributed by atoms with Crippen molar-refractivity contribution in [2.45, 2.75) is 23.9 Å². The molecule has 0 bridgehead atoms. The normalized spacial score (nSPS) is 15.4. The number of halogens is 1. The fourth-order valence-corrected chi connectivity index (χ4v) is 4.72. The molecule has 1 amide bonds. The predicted octanol–water partition coefficient (Wildman–Crippen LogP) is 5.64. The van der Waals surface area contributed by atoms with E-state index in [1.165, 1.54) is 24.1 Å². The Balaban J connectivity index is 1.46. The molecule has 1 atom stereocenters. The summed E-state index contributed by atoms with van der Waals surface area (Å²) in [6.45, 7) is 0.460. The molecule has 1 aliphatic heterocycles. The highest BCUT2D eigenvalue weighted by atomic mass is 32.2. The Kier molecular flexibility index (Phi) is 6.19. The Morgan fingerprint density at radius 3 is 2.45 bits per heavy atom. The van der Waals surface area contributed by atoms with Crippen LogP contribution in [0.5, 0.6) is 0 Å². The van der Waals surface area contributed by atoms with Crippen molar-refractivity contribution in [3.8, 4) is 11.3 Å². The smallest absolute Gasteiger partial charge is 0.245 e. The summed E-state index contributed by atoms with van der Waals surface area (Å²) in [6.07, 6.45) is 0.461. The molecule has 6 heteroatoms. The average Bonchev–Trinajstić information content (AvgIpc) is 2.85. The van der Waals surface area contributed by atoms with E-state index in [1.807, 2.05) is 78.9 Å². The van der Waals surface area contributed by atoms with Crippen LogP contribution in [0.2, 0.25) is 0 Å². The lowest BCUT2D eigenvalue weighted by molar-refractivity contribution is -0.120. The largest absolute Gasteiger partial charge is 0.305 e. The van der Waals surface area contributed by atoms with Crippen molar-refractivity contribution in [3.63, 3.8) is 0 Å². The number of nitrogens with zero attached hydrogens (tertiary/aromatic N) is 2. The number of nitrogens with one attached hydrogen (secondary N) is 1. The molecule has 1 N–H and O–H groups in total. The first-order chi connectivity index (χ1) is 16.2. The van der Waals surface area contributed by atoms with Crippen LogP contribution < -0.4 is 9.62 Å². The van der Waals surface area contributed by atoms with Gasteiger partial charge in [-0.25, -0.2) is 9.11 Å². The SMILES string of the molecule is O=C1C(NSc2cccc(F)c2)Cc2nc(-c3ccccc3)ccc2N1Cc1ccccc1. The third-order valence-corrected chi connectivity index (χ3v) is 6.46. The minimum absolute atomic E-state index is 0.0236. The van der Waals surface area contributed by atoms with Crippen LogP contribution in [0.15, 0.2) is 102 Å². The van der Waals surface area contributed by atoms with E-state index in [1.54, 1.807) is 11.0 Å². The fourth-order valence-electron chi connectivity index (χ4n) is 3.94. The predicted molar refractivity (Wildman–Crippen MR) is 130 cm³/mol. The summed E-state index contributed by atoms with van der Waals surface area (Å²) < 4.78 is 16.8. The summed E-state index contributed by atoms with van der Waals surface area (Å²) in [6, 6.07) is 29.7. The van der Waals surface area contributed by atoms with Crippen LogP contribution in [-0.4, -0.2) is 16.9 Å². The van der Waals surface area contributed by atoms with E-state index in [-0.39, 0.29) is 11.7 Å². The molecule has 0 saturated heterocycles. The molecule has 1 aromatic heterocycles. The summed E-state index contributed by atoms with van der Waals surface area (Å²) in [5, 5.41) is 0. The van der Waals surface area contributed by atoms with Crippen molar-refractivity contribution in [2.24, 2.45) is 0 Å². The van der Waals surface area contributed by atoms with Gasteiger partial charge in [0.05, 0.1) is 23.6 Å². The van der Waals surface area contributed by atoms with E-state index in [4.69, 9.17) is 4.98 Å². The molecule has 3 aromatic carbocycles. The van der Waals surface area contributed by atoms with Gasteiger partial charge in [0, 0.05) is 16.9 Å². The summed E-state index contributed by atoms with van der Waals surface area (Å²) in [4.78, 5) is 20.9. The topological polar surface area (TPSA) is 45.2 Å². The molecule has 0 fully saturated rings. The van der Waals surface area contributed by atoms with Gasteiger partial charge in [-0.3, -0.25) is 9.78 Å². The van der Waals surface area contributed by atoms with E-state index in [2.05, 4.69) is 4.72 Å². The Bertz CT molecular complexity index is 1270. The molecular weight excluding hydrogens is 433 g/mol. The third-order valence-electron chi connectivity index (χ3n) is 5.57. The van der Waals surface area contributed by atoms with Crippen molar-refractivity contribution in [1.29, 1.82) is 0 Å². The van der Waals surface area contributed by atoms with Gasteiger partial charge < -0.3 is 4.90 Å². The molecule has 1 aliphatic rings. The highest BCUT2D eigenvalue weighted by Gasteiger charge is 2.34. The van der Waals surface area contributed by atoms with Crippen molar-refractivity contribution in [1.82, 2.24) is 9.71 Å². The number of hydrogen-bond acceptors (Lipinski definition) is 4. The number of amides is 1. The summed E-state index contributed by atoms with van der Waals surface area (Å²) >= 11 is 1.26. The zero-order valence-corrected chi connectivity index (χ0v) is 18.6. The number of anilines is 1. The number of fused-ring (bicyclic) bond motifs is 1. The molecule has 2 heterocycles. The maximum absolute atomic E-state index is 13.6. The van der Waals surface area contributed by atoms with E-state index < -0.39 is 6.04 Å². The van der Waals surface area contributed by atoms with Crippen molar-refractivity contribution in [2.75, 3.05) is 4.90 Å². The zero-order valence-electron chi connectivity index (χ0n) is 17.8. The molecule has 4 aromatic rings. The second-order valence-corrected chi connectivity index (χ2v) is 8.78. The van der Waals surface area contributed by atoms with Gasteiger partial charge in [-0.2, -0.15) is 0 Å². The molecule has 5 rings (SSSR count). The average molecular weight is 456 g/mol. The highest BCUT2D eigenvalue weighted by molar-refractivity contribution is 7.97. The van der Waals surface area contributed by atoms with Crippen LogP contribution in [0, 0.1) is 5.82 Å². The number of hydrogen-bond donors (Lipinski definition) is 1. The lowest BCUT2D eigenvalue weighted by Gasteiger charge is -2.34. The molecule has 1 unspecified atom stereocenters. The van der Waals surface area contributed by atoms with Gasteiger partial charge in [0.25, 0.3) is 0 Å². The standard InChI is InChI=1S/C27H22FN3OS/c28-21-12-7-13-22(16-21)33-30-25-17-24-26(15-14-23(29-24)20-10-5-2-6-11-20)31(27(25)32)18-19-8-3-1-4-9-19/h1-16,25,30H,17-18H2. The van der Waals surface area contributed by atoms with E-state index >= 15 is 0 Å². The van der Waals surface area contributed by atoms with Gasteiger partial charge in [0.2, 0.25) is 5.91 Å². The molecule has 0 radical (unpaired) electrons. The van der Waals surface area contributed by atoms with Gasteiger partial charge in [-0.15, -0.1) is 0 Å². The van der Waals surface area contributed by atoms with E-state index in [0.29, 0.717) is 17.9 Å². The zero-order chi connectivity index (χ0) is 22.6. The number of aromatic nitrogens is 1. The molecule has 33 heavy (non-hydrogen) atoms. The number of rotatable bonds is 6. The van der Waals surface area contributed by atoms with Gasteiger partial charge in [0.1, 0.15) is 11.9 Å². The van der Waals surface area contributed by atoms with Crippen molar-refractivity contribution >= 4 is 23.5 Å². The van der Waals surface area contributed by atoms with Gasteiger partial charge in [0.15, 0.2) is 0 Å². The molecule has 0 aliphatic carbocycles. The Labute approximate surface area is 196 Å². The summed E-state index contributed by atoms with van der Waals surface area (Å²) in [7, 11) is 0. The van der Waals surface area contributed by atoms with Crippen molar-refractivity contribution < 1.29 is 9.18 Å². The second-order valence-electron chi connectivity index (χ2n) is 7.87. The molecular formula is C27H22FN3OS. The first-order valence-corrected chi connectivity index (χ1v) is 11.6. The first-order valence-electron chi connectivity index (χ1n) is 10.8. The van der Waals surface area contributed by atoms with Crippen LogP contribution in [0.3, 0.4) is 0 Å². The summed E-state index contributed by atoms with van der Waals surface area (Å²) in [5.74, 6) is -0.327. The number of benzene rings is 3. The van der Waals surface area contributed by atoms with E-state index in [0.717, 1.165) is 28.2 Å². The minimum Gasteiger partial charge on any atom is -0.305 e. The molecule has 164 valence electrons. The monoisotopic (exact) mass is 455 g/mol. The Morgan fingerprint density at radius 1 is 0.939 bits per heavy atom. The maximum Gasteiger partial charge on any atom is 0.245 e. The van der Waals surface area contributed by atoms with Crippen LogP contribution in [0.25, 0.3) is 11.3 Å². The fraction of sp³-hybridized carbons (Fsp3) is 0.111. The molecule has 0 spiro atoms. The second kappa shape index (κ2) is 9.57. The lowest BCUT2D eigenvalue weighted by atomic mass is 10.00. The highest BCUT2D eigenvalue weighted by Crippen LogP contribution is 2.32. The first kappa shape index (κ1) is 21.4. The van der Waals surface area contributed by atoms with Crippen LogP contribution in [0.1, 0.15) is 11.3 Å². The minimum atomic E-state index is -0.479. The van der Waals surface area contributed by atoms with Crippen molar-refractivity contribution in [3.05, 3.63) is 114 Å². The third kappa shape index (κ3) is 4.82. The molecule has 4 nitrogen and oxygen atoms in total. The van der Waals surface area contributed by atoms with Gasteiger partial charge in [-0.1, -0.05) is 66.7 Å². The Hall–Kier alpha value is -3.48. The summed E-state index contributed by atoms with van der Waals surface area (Å²) in [5.41, 5.74) is 4.65. The number of pyridine rings is 1. The van der Waals surface area contributed by atoms with Gasteiger partial charge in [-0.05, 0) is 47.8 Å². The van der Waals surface area contributed by atoms with Gasteiger partial charge >= 0.3 is 0 Å². The Morgan fingerprint density at radius 2 is 1.70 bits per heavy atom. The number of carbonyl (C=O) groups excluding carboxylic acids is 1. The van der Waals surface area contributed by atoms with Crippen LogP contribution in [-0.2, 0) is 17.8 Å². The lowest BCUT2D eigenvalue weighted by Crippen LogP contribution is -2.49. The van der Waals surface area contributed by atoms with E-state index in [9.17, 15) is 9.18 Å².